The Kier molecular flexibility index (Phi) is 5.95. The van der Waals surface area contributed by atoms with Gasteiger partial charge >= 0.3 is 0 Å². The Labute approximate surface area is 197 Å². The summed E-state index contributed by atoms with van der Waals surface area (Å²) < 4.78 is 12.7. The minimum Gasteiger partial charge on any atom is -0.497 e. The lowest BCUT2D eigenvalue weighted by atomic mass is 10.1. The van der Waals surface area contributed by atoms with Crippen molar-refractivity contribution >= 4 is 11.8 Å². The van der Waals surface area contributed by atoms with Crippen molar-refractivity contribution in [2.24, 2.45) is 0 Å². The zero-order valence-corrected chi connectivity index (χ0v) is 19.4. The molecule has 2 amide bonds. The van der Waals surface area contributed by atoms with Crippen LogP contribution in [0.4, 0.5) is 0 Å². The monoisotopic (exact) mass is 464 g/mol. The van der Waals surface area contributed by atoms with E-state index < -0.39 is 0 Å². The number of fused-ring (bicyclic) bond motifs is 1. The number of nitrogens with one attached hydrogen (secondary N) is 1. The molecule has 1 saturated heterocycles. The number of rotatable bonds is 5. The number of carbonyl (C=O) groups excluding carboxylic acids is 2. The van der Waals surface area contributed by atoms with E-state index in [1.807, 2.05) is 21.7 Å². The average molecular weight is 465 g/mol. The van der Waals surface area contributed by atoms with E-state index in [1.165, 1.54) is 0 Å². The Morgan fingerprint density at radius 2 is 1.71 bits per heavy atom. The van der Waals surface area contributed by atoms with Crippen molar-refractivity contribution in [2.45, 2.75) is 25.8 Å². The number of aryl methyl sites for hydroxylation is 1. The molecule has 0 bridgehead atoms. The molecule has 34 heavy (non-hydrogen) atoms. The van der Waals surface area contributed by atoms with Crippen LogP contribution in [0.3, 0.4) is 0 Å². The topological polar surface area (TPSA) is 106 Å². The molecule has 0 unspecified atom stereocenters. The zero-order valence-electron chi connectivity index (χ0n) is 19.4. The molecule has 0 aliphatic carbocycles. The fraction of sp³-hybridized carbons (Fsp3) is 0.417. The molecular weight excluding hydrogens is 436 g/mol. The SMILES string of the molecule is COc1ccc(OC)c(-c2cc(C(=O)N3CCN(C(=O)c4cnn5c4CCCC5)CC3)[nH]n2)c1. The van der Waals surface area contributed by atoms with E-state index >= 15 is 0 Å². The van der Waals surface area contributed by atoms with E-state index in [9.17, 15) is 9.59 Å². The molecule has 4 heterocycles. The molecule has 10 heteroatoms. The fourth-order valence-corrected chi connectivity index (χ4v) is 4.64. The fourth-order valence-electron chi connectivity index (χ4n) is 4.64. The molecule has 0 spiro atoms. The highest BCUT2D eigenvalue weighted by molar-refractivity contribution is 5.96. The van der Waals surface area contributed by atoms with Gasteiger partial charge in [-0.05, 0) is 43.5 Å². The van der Waals surface area contributed by atoms with E-state index in [2.05, 4.69) is 15.3 Å². The number of H-pyrrole nitrogens is 1. The number of aromatic amines is 1. The standard InChI is InChI=1S/C24H28N6O4/c1-33-16-6-7-22(34-2)17(13-16)19-14-20(27-26-19)24(32)29-11-9-28(10-12-29)23(31)18-15-25-30-8-4-3-5-21(18)30/h6-7,13-15H,3-5,8-12H2,1-2H3,(H,26,27). The van der Waals surface area contributed by atoms with Crippen LogP contribution in [0, 0.1) is 0 Å². The summed E-state index contributed by atoms with van der Waals surface area (Å²) in [4.78, 5) is 29.7. The molecule has 0 saturated carbocycles. The maximum absolute atomic E-state index is 13.1. The van der Waals surface area contributed by atoms with Crippen LogP contribution in [0.15, 0.2) is 30.5 Å². The molecular formula is C24H28N6O4. The molecule has 1 aromatic carbocycles. The molecule has 2 aliphatic heterocycles. The lowest BCUT2D eigenvalue weighted by molar-refractivity contribution is 0.0531. The van der Waals surface area contributed by atoms with Crippen molar-refractivity contribution in [1.29, 1.82) is 0 Å². The van der Waals surface area contributed by atoms with Gasteiger partial charge in [-0.2, -0.15) is 10.2 Å². The van der Waals surface area contributed by atoms with Gasteiger partial charge in [0.05, 0.1) is 37.4 Å². The Morgan fingerprint density at radius 3 is 2.44 bits per heavy atom. The van der Waals surface area contributed by atoms with Crippen molar-refractivity contribution < 1.29 is 19.1 Å². The van der Waals surface area contributed by atoms with Gasteiger partial charge in [-0.1, -0.05) is 0 Å². The van der Waals surface area contributed by atoms with Gasteiger partial charge in [0, 0.05) is 38.3 Å². The van der Waals surface area contributed by atoms with Gasteiger partial charge in [-0.3, -0.25) is 19.4 Å². The summed E-state index contributed by atoms with van der Waals surface area (Å²) in [6, 6.07) is 7.15. The van der Waals surface area contributed by atoms with Crippen LogP contribution in [0.2, 0.25) is 0 Å². The quantitative estimate of drug-likeness (QED) is 0.621. The molecule has 0 atom stereocenters. The van der Waals surface area contributed by atoms with Crippen molar-refractivity contribution in [3.63, 3.8) is 0 Å². The Bertz CT molecular complexity index is 1210. The number of ether oxygens (including phenoxy) is 2. The highest BCUT2D eigenvalue weighted by Crippen LogP contribution is 2.32. The number of methoxy groups -OCH3 is 2. The van der Waals surface area contributed by atoms with Crippen molar-refractivity contribution in [1.82, 2.24) is 29.8 Å². The smallest absolute Gasteiger partial charge is 0.272 e. The third kappa shape index (κ3) is 4.00. The van der Waals surface area contributed by atoms with Gasteiger partial charge in [0.15, 0.2) is 0 Å². The number of piperazine rings is 1. The van der Waals surface area contributed by atoms with Crippen LogP contribution < -0.4 is 9.47 Å². The first kappa shape index (κ1) is 22.0. The van der Waals surface area contributed by atoms with E-state index in [4.69, 9.17) is 9.47 Å². The summed E-state index contributed by atoms with van der Waals surface area (Å²) in [5.74, 6) is 1.17. The normalized spacial score (nSPS) is 15.7. The number of hydrogen-bond acceptors (Lipinski definition) is 6. The summed E-state index contributed by atoms with van der Waals surface area (Å²) in [6.45, 7) is 2.77. The van der Waals surface area contributed by atoms with Crippen LogP contribution in [0.5, 0.6) is 11.5 Å². The third-order valence-electron chi connectivity index (χ3n) is 6.56. The predicted octanol–water partition coefficient (Wildman–Crippen LogP) is 2.22. The minimum absolute atomic E-state index is 0.00388. The van der Waals surface area contributed by atoms with Gasteiger partial charge in [-0.15, -0.1) is 0 Å². The number of aromatic nitrogens is 4. The zero-order chi connectivity index (χ0) is 23.7. The van der Waals surface area contributed by atoms with Crippen LogP contribution >= 0.6 is 0 Å². The molecule has 2 aliphatic rings. The first-order chi connectivity index (χ1) is 16.6. The Hall–Kier alpha value is -3.82. The van der Waals surface area contributed by atoms with Gasteiger partial charge in [0.25, 0.3) is 11.8 Å². The third-order valence-corrected chi connectivity index (χ3v) is 6.56. The Morgan fingerprint density at radius 1 is 0.941 bits per heavy atom. The lowest BCUT2D eigenvalue weighted by Gasteiger charge is -2.34. The second-order valence-electron chi connectivity index (χ2n) is 8.50. The number of carbonyl (C=O) groups is 2. The van der Waals surface area contributed by atoms with Crippen molar-refractivity contribution in [3.8, 4) is 22.8 Å². The first-order valence-corrected chi connectivity index (χ1v) is 11.5. The van der Waals surface area contributed by atoms with Gasteiger partial charge in [0.2, 0.25) is 0 Å². The van der Waals surface area contributed by atoms with Crippen molar-refractivity contribution in [3.05, 3.63) is 47.4 Å². The van der Waals surface area contributed by atoms with Crippen LogP contribution in [0.25, 0.3) is 11.3 Å². The second-order valence-corrected chi connectivity index (χ2v) is 8.50. The lowest BCUT2D eigenvalue weighted by Crippen LogP contribution is -2.50. The first-order valence-electron chi connectivity index (χ1n) is 11.5. The molecule has 1 fully saturated rings. The number of hydrogen-bond donors (Lipinski definition) is 1. The largest absolute Gasteiger partial charge is 0.497 e. The molecule has 178 valence electrons. The molecule has 2 aromatic heterocycles. The summed E-state index contributed by atoms with van der Waals surface area (Å²) in [7, 11) is 3.18. The highest BCUT2D eigenvalue weighted by atomic mass is 16.5. The predicted molar refractivity (Wildman–Crippen MR) is 124 cm³/mol. The van der Waals surface area contributed by atoms with Gasteiger partial charge in [-0.25, -0.2) is 0 Å². The second kappa shape index (κ2) is 9.20. The summed E-state index contributed by atoms with van der Waals surface area (Å²) in [6.07, 6.45) is 4.77. The maximum Gasteiger partial charge on any atom is 0.272 e. The maximum atomic E-state index is 13.1. The van der Waals surface area contributed by atoms with Gasteiger partial charge in [0.1, 0.15) is 17.2 Å². The number of benzene rings is 1. The van der Waals surface area contributed by atoms with E-state index in [0.29, 0.717) is 54.6 Å². The van der Waals surface area contributed by atoms with Crippen LogP contribution in [-0.4, -0.2) is 82.0 Å². The molecule has 0 radical (unpaired) electrons. The van der Waals surface area contributed by atoms with E-state index in [-0.39, 0.29) is 11.8 Å². The molecule has 5 rings (SSSR count). The Balaban J connectivity index is 1.25. The molecule has 10 nitrogen and oxygen atoms in total. The van der Waals surface area contributed by atoms with E-state index in [0.717, 1.165) is 37.1 Å². The van der Waals surface area contributed by atoms with E-state index in [1.54, 1.807) is 37.4 Å². The summed E-state index contributed by atoms with van der Waals surface area (Å²) >= 11 is 0. The summed E-state index contributed by atoms with van der Waals surface area (Å²) in [5, 5.41) is 11.6. The van der Waals surface area contributed by atoms with Gasteiger partial charge < -0.3 is 19.3 Å². The van der Waals surface area contributed by atoms with Crippen LogP contribution in [-0.2, 0) is 13.0 Å². The minimum atomic E-state index is -0.143. The number of nitrogens with zero attached hydrogens (tertiary/aromatic N) is 5. The summed E-state index contributed by atoms with van der Waals surface area (Å²) in [5.41, 5.74) is 3.46. The van der Waals surface area contributed by atoms with Crippen molar-refractivity contribution in [2.75, 3.05) is 40.4 Å². The molecule has 3 aromatic rings. The van der Waals surface area contributed by atoms with Crippen LogP contribution in [0.1, 0.15) is 39.4 Å². The average Bonchev–Trinajstić information content (AvgIpc) is 3.55. The molecule has 1 N–H and O–H groups in total. The highest BCUT2D eigenvalue weighted by Gasteiger charge is 2.29. The number of amides is 2.